The molecule has 2 heterocycles. The molecule has 31 heavy (non-hydrogen) atoms. The highest BCUT2D eigenvalue weighted by Gasteiger charge is 2.41. The van der Waals surface area contributed by atoms with Crippen LogP contribution in [0.25, 0.3) is 5.70 Å². The molecule has 1 atom stereocenters. The van der Waals surface area contributed by atoms with Crippen LogP contribution in [-0.4, -0.2) is 48.4 Å². The lowest BCUT2D eigenvalue weighted by atomic mass is 9.81. The molecule has 0 aromatic heterocycles. The van der Waals surface area contributed by atoms with Crippen LogP contribution in [0.4, 0.5) is 0 Å². The van der Waals surface area contributed by atoms with E-state index in [-0.39, 0.29) is 24.5 Å². The number of allylic oxidation sites excluding steroid dienone is 1. The van der Waals surface area contributed by atoms with Crippen LogP contribution in [0.2, 0.25) is 0 Å². The topological polar surface area (TPSA) is 93.1 Å². The predicted octanol–water partition coefficient (Wildman–Crippen LogP) is 3.18. The van der Waals surface area contributed by atoms with Gasteiger partial charge in [0.15, 0.2) is 17.3 Å². The largest absolute Gasteiger partial charge is 0.493 e. The van der Waals surface area contributed by atoms with E-state index in [1.54, 1.807) is 42.3 Å². The van der Waals surface area contributed by atoms with Crippen molar-refractivity contribution in [2.24, 2.45) is 5.92 Å². The van der Waals surface area contributed by atoms with Crippen molar-refractivity contribution in [3.05, 3.63) is 64.7 Å². The number of fused-ring (bicyclic) bond motifs is 3. The molecule has 2 aromatic rings. The number of Topliss-reactive ketones (excluding diaryl/α,β-unsaturated/α-hetero) is 1. The third-order valence-corrected chi connectivity index (χ3v) is 5.82. The first-order valence-corrected chi connectivity index (χ1v) is 10.1. The van der Waals surface area contributed by atoms with Crippen molar-refractivity contribution in [1.29, 1.82) is 0 Å². The third-order valence-electron chi connectivity index (χ3n) is 5.82. The summed E-state index contributed by atoms with van der Waals surface area (Å²) in [6.07, 6.45) is 0.336. The molecular weight excluding hydrogens is 398 g/mol. The van der Waals surface area contributed by atoms with E-state index in [1.165, 1.54) is 7.11 Å². The van der Waals surface area contributed by atoms with Crippen LogP contribution in [0, 0.1) is 5.92 Å². The second-order valence-electron chi connectivity index (χ2n) is 7.63. The van der Waals surface area contributed by atoms with Gasteiger partial charge in [-0.05, 0) is 30.5 Å². The zero-order valence-corrected chi connectivity index (χ0v) is 17.4. The Hall–Kier alpha value is -3.61. The van der Waals surface area contributed by atoms with Gasteiger partial charge >= 0.3 is 5.97 Å². The second-order valence-corrected chi connectivity index (χ2v) is 7.63. The Kier molecular flexibility index (Phi) is 5.50. The number of benzene rings is 2. The number of ether oxygens (including phenoxy) is 2. The molecule has 7 heteroatoms. The highest BCUT2D eigenvalue weighted by molar-refractivity contribution is 6.16. The van der Waals surface area contributed by atoms with Crippen molar-refractivity contribution < 1.29 is 29.0 Å². The van der Waals surface area contributed by atoms with Crippen LogP contribution in [0.5, 0.6) is 11.5 Å². The standard InChI is InChI=1S/C24H23NO6/c1-30-19-11-15-8-9-25-22(17(15)13-20(19)31-2)18(10-16(24(25)29)12-21(26)27)23(28)14-6-4-3-5-7-14/h3-7,11,13,16H,8-10,12H2,1-2H3,(H,26,27). The molecule has 0 radical (unpaired) electrons. The molecule has 0 bridgehead atoms. The zero-order chi connectivity index (χ0) is 22.1. The number of nitrogens with zero attached hydrogens (tertiary/aromatic N) is 1. The summed E-state index contributed by atoms with van der Waals surface area (Å²) < 4.78 is 10.9. The summed E-state index contributed by atoms with van der Waals surface area (Å²) in [5.41, 5.74) is 3.19. The van der Waals surface area contributed by atoms with Gasteiger partial charge in [0.05, 0.1) is 32.3 Å². The number of carboxylic acids is 1. The van der Waals surface area contributed by atoms with Crippen molar-refractivity contribution in [3.63, 3.8) is 0 Å². The summed E-state index contributed by atoms with van der Waals surface area (Å²) in [5, 5.41) is 9.30. The van der Waals surface area contributed by atoms with Gasteiger partial charge in [0.2, 0.25) is 5.91 Å². The van der Waals surface area contributed by atoms with Crippen molar-refractivity contribution in [3.8, 4) is 11.5 Å². The minimum Gasteiger partial charge on any atom is -0.493 e. The lowest BCUT2D eigenvalue weighted by molar-refractivity contribution is -0.143. The monoisotopic (exact) mass is 421 g/mol. The summed E-state index contributed by atoms with van der Waals surface area (Å²) >= 11 is 0. The van der Waals surface area contributed by atoms with Gasteiger partial charge in [-0.3, -0.25) is 14.4 Å². The molecule has 0 saturated heterocycles. The fourth-order valence-electron chi connectivity index (χ4n) is 4.37. The Labute approximate surface area is 179 Å². The smallest absolute Gasteiger partial charge is 0.304 e. The van der Waals surface area contributed by atoms with Crippen LogP contribution in [0.3, 0.4) is 0 Å². The summed E-state index contributed by atoms with van der Waals surface area (Å²) in [4.78, 5) is 39.6. The highest BCUT2D eigenvalue weighted by Crippen LogP contribution is 2.44. The number of ketones is 1. The molecule has 4 rings (SSSR count). The van der Waals surface area contributed by atoms with Gasteiger partial charge in [0, 0.05) is 23.2 Å². The van der Waals surface area contributed by atoms with Gasteiger partial charge in [-0.25, -0.2) is 0 Å². The Morgan fingerprint density at radius 3 is 2.42 bits per heavy atom. The van der Waals surface area contributed by atoms with E-state index in [0.29, 0.717) is 41.3 Å². The third kappa shape index (κ3) is 3.67. The van der Waals surface area contributed by atoms with Crippen molar-refractivity contribution >= 4 is 23.4 Å². The first-order chi connectivity index (χ1) is 14.9. The van der Waals surface area contributed by atoms with E-state index in [4.69, 9.17) is 9.47 Å². The molecule has 0 aliphatic carbocycles. The predicted molar refractivity (Wildman–Crippen MR) is 113 cm³/mol. The normalized spacial score (nSPS) is 17.7. The van der Waals surface area contributed by atoms with Gasteiger partial charge in [-0.1, -0.05) is 30.3 Å². The quantitative estimate of drug-likeness (QED) is 0.720. The zero-order valence-electron chi connectivity index (χ0n) is 17.4. The Morgan fingerprint density at radius 2 is 1.77 bits per heavy atom. The van der Waals surface area contributed by atoms with Gasteiger partial charge < -0.3 is 19.5 Å². The van der Waals surface area contributed by atoms with Gasteiger partial charge in [-0.15, -0.1) is 0 Å². The lowest BCUT2D eigenvalue weighted by Gasteiger charge is -2.39. The second kappa shape index (κ2) is 8.26. The highest BCUT2D eigenvalue weighted by atomic mass is 16.5. The van der Waals surface area contributed by atoms with Crippen LogP contribution >= 0.6 is 0 Å². The Morgan fingerprint density at radius 1 is 1.10 bits per heavy atom. The van der Waals surface area contributed by atoms with E-state index in [0.717, 1.165) is 11.1 Å². The molecule has 1 N–H and O–H groups in total. The van der Waals surface area contributed by atoms with E-state index in [2.05, 4.69) is 0 Å². The molecule has 160 valence electrons. The first-order valence-electron chi connectivity index (χ1n) is 10.1. The van der Waals surface area contributed by atoms with E-state index in [1.807, 2.05) is 12.1 Å². The number of aliphatic carboxylic acids is 1. The van der Waals surface area contributed by atoms with Crippen molar-refractivity contribution in [1.82, 2.24) is 4.90 Å². The number of hydrogen-bond donors (Lipinski definition) is 1. The fraction of sp³-hybridized carbons (Fsp3) is 0.292. The number of carbonyl (C=O) groups is 3. The Bertz CT molecular complexity index is 1090. The number of hydrogen-bond acceptors (Lipinski definition) is 5. The van der Waals surface area contributed by atoms with Crippen LogP contribution < -0.4 is 9.47 Å². The number of carboxylic acid groups (broad SMARTS) is 1. The maximum Gasteiger partial charge on any atom is 0.304 e. The molecule has 2 aliphatic rings. The molecule has 1 unspecified atom stereocenters. The minimum absolute atomic E-state index is 0.0818. The van der Waals surface area contributed by atoms with E-state index in [9.17, 15) is 19.5 Å². The Balaban J connectivity index is 1.92. The average Bonchev–Trinajstić information content (AvgIpc) is 2.79. The van der Waals surface area contributed by atoms with Crippen molar-refractivity contribution in [2.75, 3.05) is 20.8 Å². The van der Waals surface area contributed by atoms with Gasteiger partial charge in [0.25, 0.3) is 0 Å². The maximum absolute atomic E-state index is 13.5. The van der Waals surface area contributed by atoms with E-state index < -0.39 is 11.9 Å². The molecule has 0 fully saturated rings. The lowest BCUT2D eigenvalue weighted by Crippen LogP contribution is -2.44. The molecule has 2 aromatic carbocycles. The summed E-state index contributed by atoms with van der Waals surface area (Å²) in [5.74, 6) is -1.21. The molecule has 0 spiro atoms. The molecule has 0 saturated carbocycles. The van der Waals surface area contributed by atoms with Crippen LogP contribution in [0.1, 0.15) is 34.3 Å². The van der Waals surface area contributed by atoms with Crippen molar-refractivity contribution in [2.45, 2.75) is 19.3 Å². The summed E-state index contributed by atoms with van der Waals surface area (Å²) in [6, 6.07) is 12.5. The molecule has 1 amide bonds. The number of methoxy groups -OCH3 is 2. The molecule has 7 nitrogen and oxygen atoms in total. The molecular formula is C24H23NO6. The SMILES string of the molecule is COc1cc2c(cc1OC)C1=C(C(=O)c3ccccc3)CC(CC(=O)O)C(=O)N1CC2. The fourth-order valence-corrected chi connectivity index (χ4v) is 4.37. The van der Waals surface area contributed by atoms with E-state index >= 15 is 0 Å². The minimum atomic E-state index is -1.06. The number of rotatable bonds is 6. The average molecular weight is 421 g/mol. The number of amides is 1. The summed E-state index contributed by atoms with van der Waals surface area (Å²) in [7, 11) is 3.09. The maximum atomic E-state index is 13.5. The van der Waals surface area contributed by atoms with Crippen LogP contribution in [0.15, 0.2) is 48.0 Å². The van der Waals surface area contributed by atoms with Gasteiger partial charge in [0.1, 0.15) is 0 Å². The molecule has 2 aliphatic heterocycles. The summed E-state index contributed by atoms with van der Waals surface area (Å²) in [6.45, 7) is 0.373. The number of carbonyl (C=O) groups excluding carboxylic acids is 2. The van der Waals surface area contributed by atoms with Gasteiger partial charge in [-0.2, -0.15) is 0 Å². The first kappa shape index (κ1) is 20.7. The van der Waals surface area contributed by atoms with Crippen LogP contribution in [-0.2, 0) is 16.0 Å².